The van der Waals surface area contributed by atoms with Crippen molar-refractivity contribution in [1.29, 1.82) is 0 Å². The Morgan fingerprint density at radius 1 is 1.32 bits per heavy atom. The van der Waals surface area contributed by atoms with Crippen LogP contribution in [0.5, 0.6) is 0 Å². The summed E-state index contributed by atoms with van der Waals surface area (Å²) in [6.07, 6.45) is 0. The molecule has 1 aromatic carbocycles. The van der Waals surface area contributed by atoms with Gasteiger partial charge in [0.25, 0.3) is 0 Å². The maximum absolute atomic E-state index is 11.4. The number of nitrogens with one attached hydrogen (secondary N) is 1. The van der Waals surface area contributed by atoms with E-state index in [0.29, 0.717) is 6.54 Å². The fourth-order valence-electron chi connectivity index (χ4n) is 2.70. The topological polar surface area (TPSA) is 58.4 Å². The Labute approximate surface area is 154 Å². The monoisotopic (exact) mass is 361 g/mol. The van der Waals surface area contributed by atoms with Gasteiger partial charge in [-0.15, -0.1) is 11.8 Å². The lowest BCUT2D eigenvalue weighted by Gasteiger charge is -2.31. The van der Waals surface area contributed by atoms with E-state index >= 15 is 0 Å². The normalized spacial score (nSPS) is 12.1. The van der Waals surface area contributed by atoms with Gasteiger partial charge in [-0.05, 0) is 44.9 Å². The Hall–Kier alpha value is -1.95. The van der Waals surface area contributed by atoms with E-state index in [1.165, 1.54) is 16.8 Å². The molecule has 0 saturated heterocycles. The Balaban J connectivity index is 2.19. The number of benzene rings is 1. The molecular weight excluding hydrogens is 334 g/mol. The second-order valence-corrected chi connectivity index (χ2v) is 7.50. The lowest BCUT2D eigenvalue weighted by molar-refractivity contribution is -0.118. The zero-order valence-electron chi connectivity index (χ0n) is 15.8. The number of hydrogen-bond acceptors (Lipinski definition) is 5. The summed E-state index contributed by atoms with van der Waals surface area (Å²) >= 11 is 1.78. The molecule has 1 N–H and O–H groups in total. The van der Waals surface area contributed by atoms with Gasteiger partial charge in [-0.2, -0.15) is 0 Å². The van der Waals surface area contributed by atoms with E-state index in [9.17, 15) is 4.79 Å². The predicted molar refractivity (Wildman–Crippen MR) is 104 cm³/mol. The van der Waals surface area contributed by atoms with Gasteiger partial charge in [0, 0.05) is 37.5 Å². The molecule has 0 aliphatic carbocycles. The third kappa shape index (κ3) is 4.78. The van der Waals surface area contributed by atoms with Crippen molar-refractivity contribution in [2.24, 2.45) is 0 Å². The zero-order valence-corrected chi connectivity index (χ0v) is 16.7. The Bertz CT molecular complexity index is 723. The number of rotatable bonds is 7. The average Bonchev–Trinajstić information content (AvgIpc) is 2.88. The molecule has 136 valence electrons. The first-order valence-corrected chi connectivity index (χ1v) is 9.43. The fraction of sp³-hybridized carbons (Fsp3) is 0.474. The lowest BCUT2D eigenvalue weighted by atomic mass is 10.1. The minimum absolute atomic E-state index is 0.0164. The minimum atomic E-state index is -0.0164. The molecule has 25 heavy (non-hydrogen) atoms. The van der Waals surface area contributed by atoms with Gasteiger partial charge in [0.05, 0.1) is 11.1 Å². The van der Waals surface area contributed by atoms with Crippen molar-refractivity contribution in [1.82, 2.24) is 10.5 Å². The van der Waals surface area contributed by atoms with Crippen LogP contribution in [0.15, 0.2) is 22.7 Å². The van der Waals surface area contributed by atoms with Crippen LogP contribution in [0.1, 0.15) is 35.1 Å². The molecule has 1 atom stereocenters. The summed E-state index contributed by atoms with van der Waals surface area (Å²) in [5.74, 6) is 1.63. The molecule has 0 spiro atoms. The van der Waals surface area contributed by atoms with E-state index in [4.69, 9.17) is 4.52 Å². The van der Waals surface area contributed by atoms with E-state index in [0.717, 1.165) is 22.8 Å². The van der Waals surface area contributed by atoms with E-state index in [1.54, 1.807) is 18.7 Å². The fourth-order valence-corrected chi connectivity index (χ4v) is 4.01. The highest BCUT2D eigenvalue weighted by Gasteiger charge is 2.20. The number of aromatic nitrogens is 1. The number of carbonyl (C=O) groups excluding carboxylic acids is 1. The van der Waals surface area contributed by atoms with Gasteiger partial charge < -0.3 is 14.7 Å². The van der Waals surface area contributed by atoms with Crippen molar-refractivity contribution in [3.05, 3.63) is 46.3 Å². The van der Waals surface area contributed by atoms with Crippen molar-refractivity contribution < 1.29 is 9.32 Å². The van der Waals surface area contributed by atoms with Crippen LogP contribution in [0, 0.1) is 27.7 Å². The molecule has 0 saturated carbocycles. The third-order valence-corrected chi connectivity index (χ3v) is 5.84. The molecular formula is C19H27N3O2S. The van der Waals surface area contributed by atoms with Crippen molar-refractivity contribution in [3.8, 4) is 0 Å². The molecule has 0 fully saturated rings. The summed E-state index contributed by atoms with van der Waals surface area (Å²) in [4.78, 5) is 13.6. The van der Waals surface area contributed by atoms with Gasteiger partial charge >= 0.3 is 0 Å². The highest BCUT2D eigenvalue weighted by Crippen LogP contribution is 2.29. The van der Waals surface area contributed by atoms with E-state index in [2.05, 4.69) is 54.5 Å². The van der Waals surface area contributed by atoms with Crippen molar-refractivity contribution in [3.63, 3.8) is 0 Å². The number of nitrogens with zero attached hydrogens (tertiary/aromatic N) is 2. The van der Waals surface area contributed by atoms with Crippen LogP contribution in [0.2, 0.25) is 0 Å². The number of amides is 1. The van der Waals surface area contributed by atoms with Crippen LogP contribution in [0.4, 0.5) is 5.69 Å². The van der Waals surface area contributed by atoms with E-state index in [-0.39, 0.29) is 11.3 Å². The number of thioether (sulfide) groups is 1. The second-order valence-electron chi connectivity index (χ2n) is 6.34. The van der Waals surface area contributed by atoms with Gasteiger partial charge in [-0.25, -0.2) is 0 Å². The first kappa shape index (κ1) is 19.4. The smallest absolute Gasteiger partial charge is 0.216 e. The third-order valence-electron chi connectivity index (χ3n) is 4.51. The Morgan fingerprint density at radius 3 is 2.64 bits per heavy atom. The largest absolute Gasteiger partial charge is 0.361 e. The molecule has 1 heterocycles. The first-order chi connectivity index (χ1) is 11.8. The molecule has 6 heteroatoms. The summed E-state index contributed by atoms with van der Waals surface area (Å²) in [5, 5.41) is 7.08. The van der Waals surface area contributed by atoms with E-state index in [1.807, 2.05) is 13.8 Å². The van der Waals surface area contributed by atoms with Crippen molar-refractivity contribution >= 4 is 23.4 Å². The van der Waals surface area contributed by atoms with Gasteiger partial charge in [0.2, 0.25) is 5.91 Å². The highest BCUT2D eigenvalue weighted by molar-refractivity contribution is 7.99. The number of anilines is 1. The molecule has 2 aromatic rings. The predicted octanol–water partition coefficient (Wildman–Crippen LogP) is 3.74. The molecule has 0 radical (unpaired) electrons. The van der Waals surface area contributed by atoms with Crippen LogP contribution >= 0.6 is 11.8 Å². The number of aryl methyl sites for hydroxylation is 3. The molecule has 0 bridgehead atoms. The molecule has 1 unspecified atom stereocenters. The number of carbonyl (C=O) groups is 1. The molecule has 1 aromatic heterocycles. The maximum Gasteiger partial charge on any atom is 0.216 e. The van der Waals surface area contributed by atoms with Gasteiger partial charge in [-0.3, -0.25) is 4.79 Å². The van der Waals surface area contributed by atoms with Crippen molar-refractivity contribution in [2.45, 2.75) is 45.7 Å². The summed E-state index contributed by atoms with van der Waals surface area (Å²) in [6, 6.07) is 6.31. The van der Waals surface area contributed by atoms with Crippen LogP contribution < -0.4 is 10.2 Å². The molecule has 0 aliphatic heterocycles. The second kappa shape index (κ2) is 8.43. The van der Waals surface area contributed by atoms with Crippen LogP contribution in [0.25, 0.3) is 0 Å². The molecule has 2 rings (SSSR count). The zero-order chi connectivity index (χ0) is 18.6. The first-order valence-electron chi connectivity index (χ1n) is 8.38. The van der Waals surface area contributed by atoms with Crippen LogP contribution in [-0.4, -0.2) is 30.0 Å². The quantitative estimate of drug-likeness (QED) is 0.761. The van der Waals surface area contributed by atoms with Crippen molar-refractivity contribution in [2.75, 3.05) is 18.5 Å². The molecule has 0 aliphatic rings. The Morgan fingerprint density at radius 2 is 2.04 bits per heavy atom. The standard InChI is InChI=1S/C19H27N3O2S/c1-12-8-7-9-18(13(12)2)22(6)19(10-20-16(5)23)25-11-17-14(3)21-24-15(17)4/h7-9,19H,10-11H2,1-6H3,(H,20,23). The van der Waals surface area contributed by atoms with Crippen LogP contribution in [0.3, 0.4) is 0 Å². The van der Waals surface area contributed by atoms with Gasteiger partial charge in [0.1, 0.15) is 5.76 Å². The summed E-state index contributed by atoms with van der Waals surface area (Å²) < 4.78 is 5.26. The number of hydrogen-bond donors (Lipinski definition) is 1. The lowest BCUT2D eigenvalue weighted by Crippen LogP contribution is -2.40. The van der Waals surface area contributed by atoms with E-state index < -0.39 is 0 Å². The van der Waals surface area contributed by atoms with Gasteiger partial charge in [-0.1, -0.05) is 17.3 Å². The number of likely N-dealkylation sites (N-methyl/N-ethyl adjacent to an activating group) is 1. The van der Waals surface area contributed by atoms with Crippen LogP contribution in [-0.2, 0) is 10.5 Å². The Kier molecular flexibility index (Phi) is 6.53. The minimum Gasteiger partial charge on any atom is -0.361 e. The highest BCUT2D eigenvalue weighted by atomic mass is 32.2. The summed E-state index contributed by atoms with van der Waals surface area (Å²) in [6.45, 7) is 10.3. The average molecular weight is 362 g/mol. The summed E-state index contributed by atoms with van der Waals surface area (Å²) in [5.41, 5.74) is 5.76. The van der Waals surface area contributed by atoms with Gasteiger partial charge in [0.15, 0.2) is 0 Å². The maximum atomic E-state index is 11.4. The summed E-state index contributed by atoms with van der Waals surface area (Å²) in [7, 11) is 2.08. The molecule has 5 nitrogen and oxygen atoms in total. The SMILES string of the molecule is CC(=O)NCC(SCc1c(C)noc1C)N(C)c1cccc(C)c1C. The molecule has 1 amide bonds.